The summed E-state index contributed by atoms with van der Waals surface area (Å²) in [5.74, 6) is -3.53. The number of carbonyl (C=O) groups is 1. The van der Waals surface area contributed by atoms with E-state index >= 15 is 0 Å². The molecule has 0 unspecified atom stereocenters. The minimum atomic E-state index is -3.53. The number of hydrogen-bond donors (Lipinski definition) is 2. The summed E-state index contributed by atoms with van der Waals surface area (Å²) in [6, 6.07) is 0. The molecule has 2 N–H and O–H groups in total. The molecule has 1 rings (SSSR count). The maximum atomic E-state index is 13.2. The van der Waals surface area contributed by atoms with E-state index in [-0.39, 0.29) is 6.54 Å². The average molecular weight is 253 g/mol. The highest BCUT2D eigenvalue weighted by Gasteiger charge is 2.50. The highest BCUT2D eigenvalue weighted by molar-refractivity contribution is 5.68. The van der Waals surface area contributed by atoms with Crippen molar-refractivity contribution in [1.82, 2.24) is 4.90 Å². The van der Waals surface area contributed by atoms with Gasteiger partial charge in [-0.3, -0.25) is 4.90 Å². The van der Waals surface area contributed by atoms with Crippen molar-refractivity contribution in [2.45, 2.75) is 44.5 Å². The van der Waals surface area contributed by atoms with Gasteiger partial charge in [0.2, 0.25) is 0 Å². The number of halogens is 2. The molecule has 0 aromatic carbocycles. The van der Waals surface area contributed by atoms with Crippen LogP contribution in [0.5, 0.6) is 0 Å². The lowest BCUT2D eigenvalue weighted by molar-refractivity contribution is -0.190. The summed E-state index contributed by atoms with van der Waals surface area (Å²) in [6.07, 6.45) is -4.75. The molecule has 17 heavy (non-hydrogen) atoms. The molecule has 1 heterocycles. The molecule has 0 aliphatic carbocycles. The normalized spacial score (nSPS) is 29.0. The molecule has 7 heteroatoms. The number of amides is 1. The Labute approximate surface area is 98.0 Å². The van der Waals surface area contributed by atoms with Gasteiger partial charge in [-0.05, 0) is 20.8 Å². The number of likely N-dealkylation sites (tertiary alicyclic amines) is 1. The molecule has 1 fully saturated rings. The summed E-state index contributed by atoms with van der Waals surface area (Å²) in [4.78, 5) is 12.2. The van der Waals surface area contributed by atoms with Crippen molar-refractivity contribution in [1.29, 1.82) is 0 Å². The molecule has 1 saturated heterocycles. The molecule has 5 nitrogen and oxygen atoms in total. The van der Waals surface area contributed by atoms with Crippen LogP contribution in [-0.2, 0) is 4.74 Å². The number of alkyl halides is 2. The number of hydrogen-bond acceptors (Lipinski definition) is 4. The summed E-state index contributed by atoms with van der Waals surface area (Å²) in [7, 11) is 0. The van der Waals surface area contributed by atoms with Gasteiger partial charge in [0.15, 0.2) is 0 Å². The van der Waals surface area contributed by atoms with Crippen molar-refractivity contribution in [3.8, 4) is 0 Å². The van der Waals surface area contributed by atoms with E-state index in [1.807, 2.05) is 0 Å². The van der Waals surface area contributed by atoms with Crippen molar-refractivity contribution in [3.05, 3.63) is 0 Å². The van der Waals surface area contributed by atoms with Crippen LogP contribution in [0.25, 0.3) is 0 Å². The maximum absolute atomic E-state index is 13.2. The fourth-order valence-electron chi connectivity index (χ4n) is 1.49. The topological polar surface area (TPSA) is 70.0 Å². The van der Waals surface area contributed by atoms with Crippen molar-refractivity contribution in [2.24, 2.45) is 0 Å². The zero-order valence-corrected chi connectivity index (χ0v) is 9.98. The first kappa shape index (κ1) is 14.1. The van der Waals surface area contributed by atoms with Gasteiger partial charge in [-0.15, -0.1) is 0 Å². The molecule has 0 radical (unpaired) electrons. The molecule has 1 amide bonds. The minimum absolute atomic E-state index is 0.369. The predicted octanol–water partition coefficient (Wildman–Crippen LogP) is 0.594. The highest BCUT2D eigenvalue weighted by Crippen LogP contribution is 2.28. The zero-order chi connectivity index (χ0) is 13.4. The summed E-state index contributed by atoms with van der Waals surface area (Å²) >= 11 is 0. The van der Waals surface area contributed by atoms with Crippen LogP contribution in [0.2, 0.25) is 0 Å². The van der Waals surface area contributed by atoms with Gasteiger partial charge in [-0.25, -0.2) is 13.6 Å². The molecule has 1 aliphatic rings. The van der Waals surface area contributed by atoms with Crippen LogP contribution in [0, 0.1) is 0 Å². The van der Waals surface area contributed by atoms with Crippen molar-refractivity contribution >= 4 is 6.09 Å². The van der Waals surface area contributed by atoms with Crippen LogP contribution < -0.4 is 0 Å². The van der Waals surface area contributed by atoms with Gasteiger partial charge in [-0.1, -0.05) is 0 Å². The fourth-order valence-corrected chi connectivity index (χ4v) is 1.49. The van der Waals surface area contributed by atoms with Gasteiger partial charge >= 0.3 is 6.09 Å². The van der Waals surface area contributed by atoms with Crippen LogP contribution in [-0.4, -0.2) is 58.0 Å². The Morgan fingerprint density at radius 3 is 2.35 bits per heavy atom. The molecular weight excluding hydrogens is 236 g/mol. The Kier molecular flexibility index (Phi) is 3.63. The van der Waals surface area contributed by atoms with E-state index in [2.05, 4.69) is 0 Å². The molecule has 0 bridgehead atoms. The second kappa shape index (κ2) is 4.38. The van der Waals surface area contributed by atoms with Crippen molar-refractivity contribution in [3.63, 3.8) is 0 Å². The lowest BCUT2D eigenvalue weighted by atomic mass is 10.0. The summed E-state index contributed by atoms with van der Waals surface area (Å²) in [6.45, 7) is 3.50. The Balaban J connectivity index is 2.71. The van der Waals surface area contributed by atoms with Crippen molar-refractivity contribution in [2.75, 3.05) is 13.1 Å². The molecule has 0 aromatic heterocycles. The van der Waals surface area contributed by atoms with Crippen LogP contribution in [0.4, 0.5) is 13.6 Å². The van der Waals surface area contributed by atoms with E-state index in [4.69, 9.17) is 9.84 Å². The highest BCUT2D eigenvalue weighted by atomic mass is 19.3. The van der Waals surface area contributed by atoms with Crippen LogP contribution >= 0.6 is 0 Å². The van der Waals surface area contributed by atoms with Gasteiger partial charge in [0.25, 0.3) is 5.92 Å². The van der Waals surface area contributed by atoms with Crippen molar-refractivity contribution < 1.29 is 28.5 Å². The number of β-amino-alcohol motifs (C(OH)–C–C–N with tert-alkyl or cyclic N) is 1. The van der Waals surface area contributed by atoms with Gasteiger partial charge in [-0.2, -0.15) is 0 Å². The Morgan fingerprint density at radius 2 is 1.94 bits per heavy atom. The first-order valence-corrected chi connectivity index (χ1v) is 5.25. The molecule has 0 aromatic rings. The predicted molar refractivity (Wildman–Crippen MR) is 54.8 cm³/mol. The van der Waals surface area contributed by atoms with E-state index in [9.17, 15) is 18.7 Å². The third kappa shape index (κ3) is 3.50. The quantitative estimate of drug-likeness (QED) is 0.663. The monoisotopic (exact) mass is 253 g/mol. The van der Waals surface area contributed by atoms with E-state index in [1.165, 1.54) is 0 Å². The van der Waals surface area contributed by atoms with E-state index < -0.39 is 36.4 Å². The Hall–Kier alpha value is -0.950. The molecule has 0 saturated carbocycles. The molecule has 1 aliphatic heterocycles. The number of nitrogens with zero attached hydrogens (tertiary/aromatic N) is 1. The molecule has 100 valence electrons. The molecule has 2 atom stereocenters. The summed E-state index contributed by atoms with van der Waals surface area (Å²) in [5, 5.41) is 18.3. The Bertz CT molecular complexity index is 303. The lowest BCUT2D eigenvalue weighted by Crippen LogP contribution is -2.61. The van der Waals surface area contributed by atoms with Crippen LogP contribution in [0.3, 0.4) is 0 Å². The fraction of sp³-hybridized carbons (Fsp3) is 0.900. The number of rotatable bonds is 0. The first-order chi connectivity index (χ1) is 7.53. The maximum Gasteiger partial charge on any atom is 0.410 e. The lowest BCUT2D eigenvalue weighted by Gasteiger charge is -2.39. The van der Waals surface area contributed by atoms with Crippen LogP contribution in [0.1, 0.15) is 20.8 Å². The number of ether oxygens (including phenoxy) is 1. The average Bonchev–Trinajstić information content (AvgIpc) is 2.10. The third-order valence-corrected chi connectivity index (χ3v) is 2.26. The van der Waals surface area contributed by atoms with Gasteiger partial charge in [0.1, 0.15) is 17.8 Å². The van der Waals surface area contributed by atoms with Gasteiger partial charge in [0, 0.05) is 0 Å². The van der Waals surface area contributed by atoms with E-state index in [0.717, 1.165) is 0 Å². The molecular formula is C10H17F2NO4. The van der Waals surface area contributed by atoms with Gasteiger partial charge < -0.3 is 14.9 Å². The first-order valence-electron chi connectivity index (χ1n) is 5.25. The minimum Gasteiger partial charge on any atom is -0.444 e. The number of carbonyl (C=O) groups excluding carboxylic acids is 1. The SMILES string of the molecule is CC(C)(C)OC(=O)N1C[C@@H](O)[C@@H](O)C(F)(F)C1. The largest absolute Gasteiger partial charge is 0.444 e. The van der Waals surface area contributed by atoms with E-state index in [0.29, 0.717) is 4.90 Å². The zero-order valence-electron chi connectivity index (χ0n) is 9.98. The van der Waals surface area contributed by atoms with E-state index in [1.54, 1.807) is 20.8 Å². The second-order valence-corrected chi connectivity index (χ2v) is 5.13. The smallest absolute Gasteiger partial charge is 0.410 e. The van der Waals surface area contributed by atoms with Crippen LogP contribution in [0.15, 0.2) is 0 Å². The Morgan fingerprint density at radius 1 is 1.41 bits per heavy atom. The number of piperidine rings is 1. The van der Waals surface area contributed by atoms with Gasteiger partial charge in [0.05, 0.1) is 13.1 Å². The molecule has 0 spiro atoms. The summed E-state index contributed by atoms with van der Waals surface area (Å²) in [5.41, 5.74) is -0.798. The standard InChI is InChI=1S/C10H17F2NO4/c1-9(2,3)17-8(16)13-4-6(14)7(15)10(11,12)5-13/h6-7,14-15H,4-5H2,1-3H3/t6-,7-/m1/s1. The second-order valence-electron chi connectivity index (χ2n) is 5.13. The number of aliphatic hydroxyl groups is 2. The number of aliphatic hydroxyl groups excluding tert-OH is 2. The third-order valence-electron chi connectivity index (χ3n) is 2.26. The summed E-state index contributed by atoms with van der Waals surface area (Å²) < 4.78 is 31.4.